The molecule has 9 aromatic rings. The highest BCUT2D eigenvalue weighted by Crippen LogP contribution is 2.32. The van der Waals surface area contributed by atoms with Gasteiger partial charge in [0.15, 0.2) is 23.3 Å². The number of nitrogens with zero attached hydrogens (tertiary/aromatic N) is 5. The summed E-state index contributed by atoms with van der Waals surface area (Å²) in [7, 11) is 0. The van der Waals surface area contributed by atoms with E-state index in [0.717, 1.165) is 72.6 Å². The SMILES string of the molecule is c1ccc(C2=NC(c3ccccc3)NC(c3cccc(-c4cccc(-c5nc(-c6ccc(-c7ccccc7)cc6)nc(-c6cccc(-c7ccccc7)c6)n5)c4)c3)=N2)cc1. The van der Waals surface area contributed by atoms with E-state index in [0.29, 0.717) is 23.3 Å². The highest BCUT2D eigenvalue weighted by molar-refractivity contribution is 6.13. The van der Waals surface area contributed by atoms with Crippen LogP contribution in [0.1, 0.15) is 22.9 Å². The molecule has 1 unspecified atom stereocenters. The zero-order chi connectivity index (χ0) is 40.1. The van der Waals surface area contributed by atoms with E-state index in [9.17, 15) is 0 Å². The maximum Gasteiger partial charge on any atom is 0.164 e. The van der Waals surface area contributed by atoms with Crippen LogP contribution in [0, 0.1) is 0 Å². The molecule has 6 heteroatoms. The van der Waals surface area contributed by atoms with Gasteiger partial charge >= 0.3 is 0 Å². The molecule has 10 rings (SSSR count). The van der Waals surface area contributed by atoms with Crippen molar-refractivity contribution in [2.75, 3.05) is 0 Å². The molecule has 1 N–H and O–H groups in total. The van der Waals surface area contributed by atoms with Crippen LogP contribution in [0.4, 0.5) is 0 Å². The van der Waals surface area contributed by atoms with E-state index in [1.165, 1.54) is 0 Å². The van der Waals surface area contributed by atoms with Crippen molar-refractivity contribution in [1.29, 1.82) is 0 Å². The minimum Gasteiger partial charge on any atom is -0.344 e. The molecule has 0 fully saturated rings. The number of aliphatic imine (C=N–C) groups is 2. The number of hydrogen-bond acceptors (Lipinski definition) is 6. The molecule has 0 spiro atoms. The van der Waals surface area contributed by atoms with Crippen LogP contribution < -0.4 is 5.32 Å². The van der Waals surface area contributed by atoms with Gasteiger partial charge in [-0.2, -0.15) is 0 Å². The van der Waals surface area contributed by atoms with Crippen molar-refractivity contribution in [1.82, 2.24) is 20.3 Å². The molecule has 1 aliphatic rings. The Morgan fingerprint density at radius 3 is 1.22 bits per heavy atom. The molecule has 284 valence electrons. The van der Waals surface area contributed by atoms with E-state index < -0.39 is 0 Å². The van der Waals surface area contributed by atoms with Gasteiger partial charge in [0.2, 0.25) is 0 Å². The Morgan fingerprint density at radius 2 is 0.667 bits per heavy atom. The topological polar surface area (TPSA) is 75.4 Å². The first kappa shape index (κ1) is 36.3. The van der Waals surface area contributed by atoms with Gasteiger partial charge in [-0.3, -0.25) is 0 Å². The summed E-state index contributed by atoms with van der Waals surface area (Å²) in [6, 6.07) is 74.9. The lowest BCUT2D eigenvalue weighted by Gasteiger charge is -2.24. The number of nitrogens with one attached hydrogen (secondary N) is 1. The molecule has 0 saturated heterocycles. The zero-order valence-corrected chi connectivity index (χ0v) is 32.6. The first-order valence-corrected chi connectivity index (χ1v) is 20.0. The molecule has 1 aliphatic heterocycles. The monoisotopic (exact) mass is 770 g/mol. The standard InChI is InChI=1S/C54H38N6/c1-5-16-37(17-6-1)39-30-32-42(33-31-39)51-58-53(46-27-13-24-43(34-46)38-18-7-2-8-19-38)60-54(59-51)48-29-15-26-45(36-48)44-25-14-28-47(35-44)52-56-49(40-20-9-3-10-21-40)55-50(57-52)41-22-11-4-12-23-41/h1-36,49H,(H,55,56,57). The van der Waals surface area contributed by atoms with Gasteiger partial charge in [0.1, 0.15) is 12.0 Å². The van der Waals surface area contributed by atoms with Crippen LogP contribution in [0.2, 0.25) is 0 Å². The lowest BCUT2D eigenvalue weighted by atomic mass is 9.99. The fourth-order valence-corrected chi connectivity index (χ4v) is 7.48. The van der Waals surface area contributed by atoms with Crippen molar-refractivity contribution in [3.63, 3.8) is 0 Å². The molecule has 0 amide bonds. The third-order valence-corrected chi connectivity index (χ3v) is 10.6. The van der Waals surface area contributed by atoms with Crippen LogP contribution >= 0.6 is 0 Å². The van der Waals surface area contributed by atoms with Crippen LogP contribution in [-0.4, -0.2) is 26.6 Å². The third-order valence-electron chi connectivity index (χ3n) is 10.6. The molecule has 1 atom stereocenters. The summed E-state index contributed by atoms with van der Waals surface area (Å²) >= 11 is 0. The Balaban J connectivity index is 1.03. The van der Waals surface area contributed by atoms with Gasteiger partial charge in [-0.05, 0) is 57.1 Å². The molecule has 60 heavy (non-hydrogen) atoms. The van der Waals surface area contributed by atoms with Gasteiger partial charge < -0.3 is 5.32 Å². The first-order valence-electron chi connectivity index (χ1n) is 20.0. The second-order valence-electron chi connectivity index (χ2n) is 14.6. The average Bonchev–Trinajstić information content (AvgIpc) is 3.35. The molecule has 6 nitrogen and oxygen atoms in total. The summed E-state index contributed by atoms with van der Waals surface area (Å²) in [6.45, 7) is 0. The zero-order valence-electron chi connectivity index (χ0n) is 32.6. The van der Waals surface area contributed by atoms with Crippen molar-refractivity contribution >= 4 is 11.7 Å². The molecule has 0 aliphatic carbocycles. The van der Waals surface area contributed by atoms with E-state index in [4.69, 9.17) is 24.9 Å². The van der Waals surface area contributed by atoms with Gasteiger partial charge in [-0.25, -0.2) is 24.9 Å². The first-order chi connectivity index (χ1) is 29.7. The Morgan fingerprint density at radius 1 is 0.300 bits per heavy atom. The maximum atomic E-state index is 5.13. The molecule has 0 bridgehead atoms. The highest BCUT2D eigenvalue weighted by Gasteiger charge is 2.21. The van der Waals surface area contributed by atoms with Crippen LogP contribution in [0.25, 0.3) is 67.5 Å². The van der Waals surface area contributed by atoms with Gasteiger partial charge in [0.25, 0.3) is 0 Å². The summed E-state index contributed by atoms with van der Waals surface area (Å²) in [5.41, 5.74) is 12.3. The molecule has 0 saturated carbocycles. The Labute approximate surface area is 349 Å². The lowest BCUT2D eigenvalue weighted by Crippen LogP contribution is -2.33. The minimum absolute atomic E-state index is 0.281. The normalized spacial score (nSPS) is 13.5. The minimum atomic E-state index is -0.281. The third kappa shape index (κ3) is 7.78. The molecule has 0 radical (unpaired) electrons. The maximum absolute atomic E-state index is 5.13. The summed E-state index contributed by atoms with van der Waals surface area (Å²) < 4.78 is 0. The summed E-state index contributed by atoms with van der Waals surface area (Å²) in [5.74, 6) is 3.27. The van der Waals surface area contributed by atoms with Gasteiger partial charge in [-0.15, -0.1) is 0 Å². The van der Waals surface area contributed by atoms with E-state index in [-0.39, 0.29) is 6.17 Å². The Bertz CT molecular complexity index is 2980. The van der Waals surface area contributed by atoms with Crippen molar-refractivity contribution in [3.8, 4) is 67.5 Å². The van der Waals surface area contributed by atoms with Crippen LogP contribution in [0.3, 0.4) is 0 Å². The number of rotatable bonds is 9. The number of amidine groups is 2. The Kier molecular flexibility index (Phi) is 9.92. The fraction of sp³-hybridized carbons (Fsp3) is 0.0185. The second-order valence-corrected chi connectivity index (χ2v) is 14.6. The quantitative estimate of drug-likeness (QED) is 0.159. The van der Waals surface area contributed by atoms with E-state index >= 15 is 0 Å². The van der Waals surface area contributed by atoms with Crippen molar-refractivity contribution in [2.24, 2.45) is 9.98 Å². The number of hydrogen-bond donors (Lipinski definition) is 1. The van der Waals surface area contributed by atoms with Gasteiger partial charge in [0.05, 0.1) is 0 Å². The highest BCUT2D eigenvalue weighted by atomic mass is 15.2. The van der Waals surface area contributed by atoms with Crippen molar-refractivity contribution in [3.05, 3.63) is 235 Å². The van der Waals surface area contributed by atoms with Crippen LogP contribution in [0.15, 0.2) is 228 Å². The Hall–Kier alpha value is -8.09. The second kappa shape index (κ2) is 16.4. The van der Waals surface area contributed by atoms with E-state index in [1.807, 2.05) is 60.7 Å². The largest absolute Gasteiger partial charge is 0.344 e. The smallest absolute Gasteiger partial charge is 0.164 e. The molecular weight excluding hydrogens is 733 g/mol. The average molecular weight is 771 g/mol. The van der Waals surface area contributed by atoms with E-state index in [1.54, 1.807) is 0 Å². The predicted molar refractivity (Wildman–Crippen MR) is 244 cm³/mol. The molecule has 8 aromatic carbocycles. The van der Waals surface area contributed by atoms with Crippen LogP contribution in [-0.2, 0) is 0 Å². The molecule has 1 aromatic heterocycles. The number of benzene rings is 8. The van der Waals surface area contributed by atoms with Crippen molar-refractivity contribution < 1.29 is 0 Å². The summed E-state index contributed by atoms with van der Waals surface area (Å²) in [4.78, 5) is 25.4. The van der Waals surface area contributed by atoms with Gasteiger partial charge in [-0.1, -0.05) is 200 Å². The summed E-state index contributed by atoms with van der Waals surface area (Å²) in [5, 5.41) is 3.61. The van der Waals surface area contributed by atoms with Crippen molar-refractivity contribution in [2.45, 2.75) is 6.17 Å². The fourth-order valence-electron chi connectivity index (χ4n) is 7.48. The van der Waals surface area contributed by atoms with Gasteiger partial charge in [0, 0.05) is 27.8 Å². The predicted octanol–water partition coefficient (Wildman–Crippen LogP) is 12.4. The van der Waals surface area contributed by atoms with Crippen LogP contribution in [0.5, 0.6) is 0 Å². The molecular formula is C54H38N6. The van der Waals surface area contributed by atoms with E-state index in [2.05, 4.69) is 163 Å². The lowest BCUT2D eigenvalue weighted by molar-refractivity contribution is 0.674. The summed E-state index contributed by atoms with van der Waals surface area (Å²) in [6.07, 6.45) is -0.281. The molecule has 2 heterocycles. The number of aromatic nitrogens is 3.